The van der Waals surface area contributed by atoms with Gasteiger partial charge in [-0.2, -0.15) is 5.26 Å². The Morgan fingerprint density at radius 1 is 1.32 bits per heavy atom. The number of hydrogen-bond donors (Lipinski definition) is 1. The second-order valence-electron chi connectivity index (χ2n) is 7.94. The second-order valence-corrected chi connectivity index (χ2v) is 7.94. The molecule has 0 bridgehead atoms. The van der Waals surface area contributed by atoms with Crippen LogP contribution in [0.1, 0.15) is 60.3 Å². The number of fused-ring (bicyclic) bond motifs is 1. The molecule has 0 saturated heterocycles. The van der Waals surface area contributed by atoms with Gasteiger partial charge in [-0.15, -0.1) is 0 Å². The molecular formula is C25H29N3O3. The number of carbonyl (C=O) groups excluding carboxylic acids is 2. The lowest BCUT2D eigenvalue weighted by Gasteiger charge is -2.26. The monoisotopic (exact) mass is 419 g/mol. The normalized spacial score (nSPS) is 15.7. The summed E-state index contributed by atoms with van der Waals surface area (Å²) in [5, 5.41) is 12.4. The van der Waals surface area contributed by atoms with Gasteiger partial charge >= 0.3 is 5.97 Å². The highest BCUT2D eigenvalue weighted by atomic mass is 16.5. The molecule has 1 aromatic heterocycles. The first kappa shape index (κ1) is 22.4. The van der Waals surface area contributed by atoms with Crippen LogP contribution >= 0.6 is 0 Å². The second kappa shape index (κ2) is 10.1. The smallest absolute Gasteiger partial charge is 0.349 e. The molecule has 0 aliphatic heterocycles. The molecule has 6 heteroatoms. The molecule has 1 atom stereocenters. The van der Waals surface area contributed by atoms with E-state index in [-0.39, 0.29) is 17.5 Å². The molecule has 0 spiro atoms. The first-order chi connectivity index (χ1) is 14.9. The molecule has 3 rings (SSSR count). The molecule has 162 valence electrons. The molecular weight excluding hydrogens is 390 g/mol. The van der Waals surface area contributed by atoms with Crippen LogP contribution in [0, 0.1) is 25.2 Å². The quantitative estimate of drug-likeness (QED) is 0.415. The number of aromatic nitrogens is 1. The molecule has 6 nitrogen and oxygen atoms in total. The topological polar surface area (TPSA) is 84.1 Å². The van der Waals surface area contributed by atoms with Crippen molar-refractivity contribution in [1.82, 2.24) is 9.88 Å². The van der Waals surface area contributed by atoms with Crippen molar-refractivity contribution >= 4 is 18.0 Å². The third-order valence-corrected chi connectivity index (χ3v) is 5.74. The number of ether oxygens (including phenoxy) is 1. The van der Waals surface area contributed by atoms with Gasteiger partial charge < -0.3 is 14.6 Å². The average Bonchev–Trinajstić information content (AvgIpc) is 3.03. The van der Waals surface area contributed by atoms with E-state index in [4.69, 9.17) is 4.74 Å². The summed E-state index contributed by atoms with van der Waals surface area (Å²) < 4.78 is 7.29. The molecule has 1 aliphatic carbocycles. The molecule has 31 heavy (non-hydrogen) atoms. The van der Waals surface area contributed by atoms with Crippen molar-refractivity contribution in [2.24, 2.45) is 0 Å². The standard InChI is InChI=1S/C25H29N3O3/c1-4-12-28-17(2)13-20(18(28)3)14-21(15-26)25(30)31-16-24(29)27-23-11-7-9-19-8-5-6-10-22(19)23/h5-6,8,10,13-14,23H,4,7,9,11-12,16H2,1-3H3,(H,27,29)/b21-14-/t23-/m0/s1. The van der Waals surface area contributed by atoms with Gasteiger partial charge in [0.25, 0.3) is 5.91 Å². The van der Waals surface area contributed by atoms with Crippen LogP contribution in [0.2, 0.25) is 0 Å². The van der Waals surface area contributed by atoms with Gasteiger partial charge in [0.1, 0.15) is 11.6 Å². The Morgan fingerprint density at radius 2 is 2.10 bits per heavy atom. The lowest BCUT2D eigenvalue weighted by molar-refractivity contribution is -0.144. The Balaban J connectivity index is 1.62. The number of aryl methyl sites for hydroxylation is 2. The summed E-state index contributed by atoms with van der Waals surface area (Å²) >= 11 is 0. The van der Waals surface area contributed by atoms with E-state index in [0.29, 0.717) is 0 Å². The fraction of sp³-hybridized carbons (Fsp3) is 0.400. The molecule has 1 heterocycles. The summed E-state index contributed by atoms with van der Waals surface area (Å²) in [6, 6.07) is 11.8. The maximum absolute atomic E-state index is 12.4. The molecule has 1 aliphatic rings. The van der Waals surface area contributed by atoms with Crippen molar-refractivity contribution in [3.8, 4) is 6.07 Å². The van der Waals surface area contributed by atoms with E-state index in [9.17, 15) is 14.9 Å². The Morgan fingerprint density at radius 3 is 2.84 bits per heavy atom. The number of nitrogens with one attached hydrogen (secondary N) is 1. The first-order valence-corrected chi connectivity index (χ1v) is 10.8. The van der Waals surface area contributed by atoms with Crippen LogP contribution in [0.4, 0.5) is 0 Å². The van der Waals surface area contributed by atoms with Crippen molar-refractivity contribution in [2.75, 3.05) is 6.61 Å². The summed E-state index contributed by atoms with van der Waals surface area (Å²) in [5.41, 5.74) is 5.12. The van der Waals surface area contributed by atoms with Crippen LogP contribution in [0.5, 0.6) is 0 Å². The summed E-state index contributed by atoms with van der Waals surface area (Å²) in [5.74, 6) is -1.16. The SMILES string of the molecule is CCCn1c(C)cc(/C=C(/C#N)C(=O)OCC(=O)N[C@H]2CCCc3ccccc32)c1C. The largest absolute Gasteiger partial charge is 0.451 e. The zero-order chi connectivity index (χ0) is 22.4. The lowest BCUT2D eigenvalue weighted by Crippen LogP contribution is -2.34. The minimum Gasteiger partial charge on any atom is -0.451 e. The van der Waals surface area contributed by atoms with Crippen molar-refractivity contribution in [2.45, 2.75) is 59.0 Å². The summed E-state index contributed by atoms with van der Waals surface area (Å²) in [4.78, 5) is 24.8. The molecule has 1 aromatic carbocycles. The third kappa shape index (κ3) is 5.24. The van der Waals surface area contributed by atoms with Gasteiger partial charge in [-0.25, -0.2) is 4.79 Å². The lowest BCUT2D eigenvalue weighted by atomic mass is 9.88. The van der Waals surface area contributed by atoms with E-state index in [1.54, 1.807) is 0 Å². The van der Waals surface area contributed by atoms with E-state index in [2.05, 4.69) is 22.9 Å². The number of benzene rings is 1. The minimum atomic E-state index is -0.790. The van der Waals surface area contributed by atoms with E-state index in [1.807, 2.05) is 44.2 Å². The van der Waals surface area contributed by atoms with Gasteiger partial charge in [0, 0.05) is 17.9 Å². The van der Waals surface area contributed by atoms with Crippen LogP contribution in [-0.4, -0.2) is 23.1 Å². The van der Waals surface area contributed by atoms with Gasteiger partial charge in [0.05, 0.1) is 6.04 Å². The number of carbonyl (C=O) groups is 2. The number of esters is 1. The first-order valence-electron chi connectivity index (χ1n) is 10.8. The number of rotatable bonds is 7. The van der Waals surface area contributed by atoms with Crippen LogP contribution in [0.25, 0.3) is 6.08 Å². The van der Waals surface area contributed by atoms with Crippen molar-refractivity contribution in [1.29, 1.82) is 5.26 Å². The van der Waals surface area contributed by atoms with Gasteiger partial charge in [-0.05, 0) is 68.4 Å². The van der Waals surface area contributed by atoms with Gasteiger partial charge in [0.15, 0.2) is 6.61 Å². The fourth-order valence-corrected chi connectivity index (χ4v) is 4.18. The Bertz CT molecular complexity index is 1040. The maximum Gasteiger partial charge on any atom is 0.349 e. The molecule has 0 radical (unpaired) electrons. The van der Waals surface area contributed by atoms with Crippen molar-refractivity contribution in [3.05, 3.63) is 64.0 Å². The van der Waals surface area contributed by atoms with Crippen LogP contribution < -0.4 is 5.32 Å². The van der Waals surface area contributed by atoms with Gasteiger partial charge in [-0.1, -0.05) is 31.2 Å². The van der Waals surface area contributed by atoms with Crippen molar-refractivity contribution in [3.63, 3.8) is 0 Å². The zero-order valence-corrected chi connectivity index (χ0v) is 18.4. The van der Waals surface area contributed by atoms with E-state index >= 15 is 0 Å². The molecule has 1 amide bonds. The van der Waals surface area contributed by atoms with Crippen LogP contribution in [-0.2, 0) is 27.3 Å². The van der Waals surface area contributed by atoms with E-state index in [0.717, 1.165) is 54.7 Å². The Kier molecular flexibility index (Phi) is 7.30. The minimum absolute atomic E-state index is 0.0777. The third-order valence-electron chi connectivity index (χ3n) is 5.74. The Hall–Kier alpha value is -3.33. The average molecular weight is 420 g/mol. The fourth-order valence-electron chi connectivity index (χ4n) is 4.18. The number of amides is 1. The molecule has 0 unspecified atom stereocenters. The van der Waals surface area contributed by atoms with Crippen LogP contribution in [0.3, 0.4) is 0 Å². The van der Waals surface area contributed by atoms with Crippen molar-refractivity contribution < 1.29 is 14.3 Å². The highest BCUT2D eigenvalue weighted by Crippen LogP contribution is 2.29. The number of hydrogen-bond acceptors (Lipinski definition) is 4. The van der Waals surface area contributed by atoms with E-state index in [1.165, 1.54) is 11.6 Å². The molecule has 0 fully saturated rings. The van der Waals surface area contributed by atoms with Crippen LogP contribution in [0.15, 0.2) is 35.9 Å². The summed E-state index contributed by atoms with van der Waals surface area (Å²) in [6.45, 7) is 6.53. The molecule has 1 N–H and O–H groups in total. The number of nitriles is 1. The predicted molar refractivity (Wildman–Crippen MR) is 119 cm³/mol. The highest BCUT2D eigenvalue weighted by Gasteiger charge is 2.22. The summed E-state index contributed by atoms with van der Waals surface area (Å²) in [6.07, 6.45) is 5.39. The maximum atomic E-state index is 12.4. The zero-order valence-electron chi connectivity index (χ0n) is 18.4. The number of nitrogens with zero attached hydrogens (tertiary/aromatic N) is 2. The predicted octanol–water partition coefficient (Wildman–Crippen LogP) is 4.16. The van der Waals surface area contributed by atoms with E-state index < -0.39 is 12.6 Å². The summed E-state index contributed by atoms with van der Waals surface area (Å²) in [7, 11) is 0. The van der Waals surface area contributed by atoms with Gasteiger partial charge in [-0.3, -0.25) is 4.79 Å². The molecule has 2 aromatic rings. The molecule has 0 saturated carbocycles. The van der Waals surface area contributed by atoms with Gasteiger partial charge in [0.2, 0.25) is 0 Å². The highest BCUT2D eigenvalue weighted by molar-refractivity contribution is 5.99. The Labute approximate surface area is 183 Å².